The highest BCUT2D eigenvalue weighted by Gasteiger charge is 2.19. The van der Waals surface area contributed by atoms with Crippen molar-refractivity contribution in [3.05, 3.63) is 30.0 Å². The topological polar surface area (TPSA) is 33.5 Å². The molecule has 1 radical (unpaired) electrons. The molecule has 1 aliphatic rings. The fourth-order valence-corrected chi connectivity index (χ4v) is 2.68. The smallest absolute Gasteiger partial charge is 0.253 e. The van der Waals surface area contributed by atoms with E-state index in [1.165, 1.54) is 6.42 Å². The number of carbonyl (C=O) groups is 1. The van der Waals surface area contributed by atoms with Gasteiger partial charge in [0.05, 0.1) is 6.26 Å². The van der Waals surface area contributed by atoms with E-state index >= 15 is 0 Å². The van der Waals surface area contributed by atoms with Gasteiger partial charge in [0.2, 0.25) is 0 Å². The highest BCUT2D eigenvalue weighted by molar-refractivity contribution is 6.55. The Morgan fingerprint density at radius 2 is 1.90 bits per heavy atom. The molecule has 1 amide bonds. The lowest BCUT2D eigenvalue weighted by Gasteiger charge is -2.26. The molecule has 0 unspecified atom stereocenters. The molecule has 2 aromatic rings. The molecule has 3 rings (SSSR count). The normalized spacial score (nSPS) is 14.5. The fraction of sp³-hybridized carbons (Fsp3) is 0.471. The highest BCUT2D eigenvalue weighted by Crippen LogP contribution is 2.18. The van der Waals surface area contributed by atoms with Crippen molar-refractivity contribution in [1.82, 2.24) is 4.90 Å². The second kappa shape index (κ2) is 7.35. The molecule has 21 heavy (non-hydrogen) atoms. The van der Waals surface area contributed by atoms with Gasteiger partial charge in [0.25, 0.3) is 5.91 Å². The molecule has 0 aliphatic carbocycles. The van der Waals surface area contributed by atoms with Gasteiger partial charge in [0.1, 0.15) is 5.58 Å². The van der Waals surface area contributed by atoms with E-state index < -0.39 is 0 Å². The number of carbonyl (C=O) groups excluding carboxylic acids is 1. The Kier molecular flexibility index (Phi) is 5.48. The first-order valence-corrected chi connectivity index (χ1v) is 7.89. The van der Waals surface area contributed by atoms with Crippen LogP contribution in [0.25, 0.3) is 11.0 Å². The summed E-state index contributed by atoms with van der Waals surface area (Å²) in [4.78, 5) is 14.3. The van der Waals surface area contributed by atoms with Gasteiger partial charge >= 0.3 is 0 Å². The number of benzene rings is 1. The van der Waals surface area contributed by atoms with Crippen molar-refractivity contribution in [1.29, 1.82) is 0 Å². The summed E-state index contributed by atoms with van der Waals surface area (Å²) in [6, 6.07) is 5.74. The van der Waals surface area contributed by atoms with Crippen molar-refractivity contribution in [3.63, 3.8) is 0 Å². The van der Waals surface area contributed by atoms with Gasteiger partial charge in [-0.1, -0.05) is 26.7 Å². The minimum absolute atomic E-state index is 0.125. The Bertz CT molecular complexity index is 600. The third-order valence-electron chi connectivity index (χ3n) is 3.81. The monoisotopic (exact) mass is 284 g/mol. The fourth-order valence-electron chi connectivity index (χ4n) is 2.68. The predicted octanol–water partition coefficient (Wildman–Crippen LogP) is 3.46. The van der Waals surface area contributed by atoms with Gasteiger partial charge in [0.15, 0.2) is 7.28 Å². The van der Waals surface area contributed by atoms with E-state index in [1.807, 2.05) is 51.0 Å². The van der Waals surface area contributed by atoms with Gasteiger partial charge < -0.3 is 9.32 Å². The Morgan fingerprint density at radius 1 is 1.19 bits per heavy atom. The van der Waals surface area contributed by atoms with Gasteiger partial charge in [0, 0.05) is 24.0 Å². The number of hydrogen-bond acceptors (Lipinski definition) is 2. The molecule has 0 N–H and O–H groups in total. The molecule has 4 heteroatoms. The molecule has 3 nitrogen and oxygen atoms in total. The standard InChI is InChI=1S/C15H17BNO2.C2H6/c1-16-13-10-19-14-9-11(5-6-12(13)14)15(18)17-7-3-2-4-8-17;1-2/h5-6,9-10H,2-4,7-8H2,1H3;1-2H3. The Labute approximate surface area is 127 Å². The van der Waals surface area contributed by atoms with Crippen LogP contribution in [0.1, 0.15) is 43.5 Å². The van der Waals surface area contributed by atoms with E-state index in [2.05, 4.69) is 0 Å². The van der Waals surface area contributed by atoms with Gasteiger partial charge in [-0.3, -0.25) is 4.79 Å². The van der Waals surface area contributed by atoms with Crippen LogP contribution in [0, 0.1) is 0 Å². The van der Waals surface area contributed by atoms with Gasteiger partial charge in [-0.25, -0.2) is 0 Å². The molecule has 111 valence electrons. The van der Waals surface area contributed by atoms with Crippen molar-refractivity contribution in [2.75, 3.05) is 13.1 Å². The lowest BCUT2D eigenvalue weighted by Crippen LogP contribution is -2.35. The largest absolute Gasteiger partial charge is 0.465 e. The van der Waals surface area contributed by atoms with Crippen LogP contribution in [0.15, 0.2) is 28.9 Å². The maximum absolute atomic E-state index is 12.4. The second-order valence-corrected chi connectivity index (χ2v) is 5.04. The average Bonchev–Trinajstić information content (AvgIpc) is 2.99. The zero-order valence-corrected chi connectivity index (χ0v) is 13.2. The third kappa shape index (κ3) is 3.31. The maximum Gasteiger partial charge on any atom is 0.253 e. The average molecular weight is 284 g/mol. The van der Waals surface area contributed by atoms with Gasteiger partial charge in [-0.2, -0.15) is 0 Å². The van der Waals surface area contributed by atoms with Crippen LogP contribution in [0.3, 0.4) is 0 Å². The van der Waals surface area contributed by atoms with Crippen LogP contribution in [-0.2, 0) is 0 Å². The molecule has 1 aliphatic heterocycles. The van der Waals surface area contributed by atoms with Crippen LogP contribution in [0.4, 0.5) is 0 Å². The van der Waals surface area contributed by atoms with Crippen LogP contribution >= 0.6 is 0 Å². The molecule has 0 spiro atoms. The van der Waals surface area contributed by atoms with Crippen LogP contribution in [0.5, 0.6) is 0 Å². The molecule has 2 heterocycles. The molecule has 0 bridgehead atoms. The van der Waals surface area contributed by atoms with Crippen LogP contribution < -0.4 is 5.46 Å². The Hall–Kier alpha value is -1.71. The van der Waals surface area contributed by atoms with E-state index in [4.69, 9.17) is 4.42 Å². The van der Waals surface area contributed by atoms with Crippen LogP contribution in [0.2, 0.25) is 6.82 Å². The zero-order valence-electron chi connectivity index (χ0n) is 13.2. The van der Waals surface area contributed by atoms with Crippen molar-refractivity contribution in [2.24, 2.45) is 0 Å². The Balaban J connectivity index is 0.000000774. The van der Waals surface area contributed by atoms with E-state index in [1.54, 1.807) is 6.26 Å². The van der Waals surface area contributed by atoms with Crippen molar-refractivity contribution < 1.29 is 9.21 Å². The third-order valence-corrected chi connectivity index (χ3v) is 3.81. The SMILES string of the molecule is CC.C[B]c1coc2cc(C(=O)N3CCCCC3)ccc12. The quantitative estimate of drug-likeness (QED) is 0.791. The van der Waals surface area contributed by atoms with E-state index in [9.17, 15) is 4.79 Å². The number of furan rings is 1. The predicted molar refractivity (Wildman–Crippen MR) is 88.6 cm³/mol. The van der Waals surface area contributed by atoms with Gasteiger partial charge in [-0.15, -0.1) is 0 Å². The number of amides is 1. The summed E-state index contributed by atoms with van der Waals surface area (Å²) in [5.74, 6) is 0.125. The molecular formula is C17H23BNO2. The molecule has 1 aromatic carbocycles. The van der Waals surface area contributed by atoms with Crippen molar-refractivity contribution in [3.8, 4) is 0 Å². The number of likely N-dealkylation sites (tertiary alicyclic amines) is 1. The summed E-state index contributed by atoms with van der Waals surface area (Å²) in [6.07, 6.45) is 5.20. The van der Waals surface area contributed by atoms with E-state index in [-0.39, 0.29) is 5.91 Å². The first-order chi connectivity index (χ1) is 10.3. The number of hydrogen-bond donors (Lipinski definition) is 0. The molecule has 1 fully saturated rings. The number of fused-ring (bicyclic) bond motifs is 1. The maximum atomic E-state index is 12.4. The summed E-state index contributed by atoms with van der Waals surface area (Å²) < 4.78 is 5.52. The zero-order chi connectivity index (χ0) is 15.2. The van der Waals surface area contributed by atoms with Crippen LogP contribution in [-0.4, -0.2) is 31.2 Å². The number of nitrogens with zero attached hydrogens (tertiary/aromatic N) is 1. The van der Waals surface area contributed by atoms with E-state index in [0.717, 1.165) is 47.9 Å². The minimum atomic E-state index is 0.125. The first kappa shape index (κ1) is 15.7. The highest BCUT2D eigenvalue weighted by atomic mass is 16.3. The number of rotatable bonds is 2. The molecule has 0 saturated carbocycles. The number of piperidine rings is 1. The lowest BCUT2D eigenvalue weighted by molar-refractivity contribution is 0.0724. The first-order valence-electron chi connectivity index (χ1n) is 7.89. The summed E-state index contributed by atoms with van der Waals surface area (Å²) in [6.45, 7) is 7.74. The molecule has 0 atom stereocenters. The molecule has 1 saturated heterocycles. The summed E-state index contributed by atoms with van der Waals surface area (Å²) in [5, 5.41) is 1.07. The molecular weight excluding hydrogens is 261 g/mol. The summed E-state index contributed by atoms with van der Waals surface area (Å²) in [5.41, 5.74) is 2.59. The summed E-state index contributed by atoms with van der Waals surface area (Å²) in [7, 11) is 2.01. The molecule has 1 aromatic heterocycles. The Morgan fingerprint density at radius 3 is 2.57 bits per heavy atom. The minimum Gasteiger partial charge on any atom is -0.465 e. The van der Waals surface area contributed by atoms with Crippen molar-refractivity contribution in [2.45, 2.75) is 39.9 Å². The van der Waals surface area contributed by atoms with Crippen molar-refractivity contribution >= 4 is 29.6 Å². The second-order valence-electron chi connectivity index (χ2n) is 5.04. The summed E-state index contributed by atoms with van der Waals surface area (Å²) >= 11 is 0. The van der Waals surface area contributed by atoms with E-state index in [0.29, 0.717) is 0 Å². The van der Waals surface area contributed by atoms with Gasteiger partial charge in [-0.05, 0) is 36.9 Å². The lowest BCUT2D eigenvalue weighted by atomic mass is 9.73.